The van der Waals surface area contributed by atoms with Crippen LogP contribution in [-0.4, -0.2) is 0 Å². The Balaban J connectivity index is 0.976. The second-order valence-corrected chi connectivity index (χ2v) is 11.7. The number of hydrogen-bond donors (Lipinski definition) is 0. The number of benzene rings is 7. The first-order valence-corrected chi connectivity index (χ1v) is 15.3. The van der Waals surface area contributed by atoms with Gasteiger partial charge in [-0.25, -0.2) is 0 Å². The normalized spacial score (nSPS) is 12.5. The Kier molecular flexibility index (Phi) is 5.61. The number of hydrogen-bond acceptors (Lipinski definition) is 0. The molecule has 0 amide bonds. The van der Waals surface area contributed by atoms with Crippen LogP contribution in [0.5, 0.6) is 0 Å². The van der Waals surface area contributed by atoms with Crippen LogP contribution >= 0.6 is 0 Å². The summed E-state index contributed by atoms with van der Waals surface area (Å²) in [5.74, 6) is 2.65. The molecular formula is C44H28+2. The average molecular weight is 557 g/mol. The zero-order chi connectivity index (χ0) is 29.0. The van der Waals surface area contributed by atoms with Crippen LogP contribution in [0.25, 0.3) is 44.5 Å². The highest BCUT2D eigenvalue weighted by Gasteiger charge is 2.36. The van der Waals surface area contributed by atoms with Gasteiger partial charge in [-0.05, 0) is 168 Å². The molecule has 0 aromatic heterocycles. The van der Waals surface area contributed by atoms with Crippen molar-refractivity contribution in [2.24, 2.45) is 0 Å². The van der Waals surface area contributed by atoms with Gasteiger partial charge in [0.25, 0.3) is 0 Å². The zero-order valence-electron chi connectivity index (χ0n) is 24.2. The molecule has 7 aromatic rings. The van der Waals surface area contributed by atoms with Crippen LogP contribution in [-0.2, 0) is 0 Å². The summed E-state index contributed by atoms with van der Waals surface area (Å²) in [7, 11) is 0. The Morgan fingerprint density at radius 3 is 0.727 bits per heavy atom. The molecule has 9 rings (SSSR count). The summed E-state index contributed by atoms with van der Waals surface area (Å²) in [6.07, 6.45) is 0. The van der Waals surface area contributed by atoms with E-state index in [1.807, 2.05) is 0 Å². The molecule has 0 saturated carbocycles. The van der Waals surface area contributed by atoms with Crippen molar-refractivity contribution in [3.8, 4) is 44.5 Å². The molecule has 0 heteroatoms. The van der Waals surface area contributed by atoms with Crippen LogP contribution < -0.4 is 0 Å². The van der Waals surface area contributed by atoms with Gasteiger partial charge in [-0.2, -0.15) is 0 Å². The lowest BCUT2D eigenvalue weighted by atomic mass is 9.88. The molecule has 0 saturated heterocycles. The third kappa shape index (κ3) is 3.85. The van der Waals surface area contributed by atoms with Crippen LogP contribution in [0.4, 0.5) is 0 Å². The van der Waals surface area contributed by atoms with Gasteiger partial charge in [0.15, 0.2) is 0 Å². The Morgan fingerprint density at radius 2 is 0.455 bits per heavy atom. The predicted molar refractivity (Wildman–Crippen MR) is 182 cm³/mol. The molecule has 0 fully saturated rings. The van der Waals surface area contributed by atoms with Crippen molar-refractivity contribution in [3.63, 3.8) is 0 Å². The smallest absolute Gasteiger partial charge is 0.0537 e. The van der Waals surface area contributed by atoms with E-state index in [2.05, 4.69) is 170 Å². The highest BCUT2D eigenvalue weighted by Crippen LogP contribution is 2.48. The maximum atomic E-state index is 2.27. The van der Waals surface area contributed by atoms with Gasteiger partial charge in [-0.1, -0.05) is 24.3 Å². The Morgan fingerprint density at radius 1 is 0.227 bits per heavy atom. The van der Waals surface area contributed by atoms with Gasteiger partial charge >= 0.3 is 0 Å². The Bertz CT molecular complexity index is 1900. The van der Waals surface area contributed by atoms with Gasteiger partial charge in [-0.15, -0.1) is 0 Å². The third-order valence-electron chi connectivity index (χ3n) is 9.26. The minimum absolute atomic E-state index is 1.23. The second-order valence-electron chi connectivity index (χ2n) is 11.7. The molecule has 0 unspecified atom stereocenters. The summed E-state index contributed by atoms with van der Waals surface area (Å²) < 4.78 is 0. The van der Waals surface area contributed by atoms with E-state index in [0.717, 1.165) is 0 Å². The minimum atomic E-state index is 1.23. The standard InChI is InChI=1S/C44H28/c1-5-13-39-35(9-1)36-10-2-6-14-40(36)43(39)33-25-21-31(22-26-33)29-17-19-30(20-18-29)32-23-27-34(28-24-32)44-41-15-7-3-11-37(41)38-12-4-8-16-42(38)44/h1-28H/q+2. The van der Waals surface area contributed by atoms with E-state index in [-0.39, 0.29) is 0 Å². The van der Waals surface area contributed by atoms with Crippen molar-refractivity contribution in [2.45, 2.75) is 0 Å². The van der Waals surface area contributed by atoms with Gasteiger partial charge < -0.3 is 0 Å². The molecule has 2 aliphatic carbocycles. The first-order chi connectivity index (χ1) is 21.8. The zero-order valence-corrected chi connectivity index (χ0v) is 24.2. The molecule has 0 nitrogen and oxygen atoms in total. The van der Waals surface area contributed by atoms with Gasteiger partial charge in [-0.3, -0.25) is 0 Å². The lowest BCUT2D eigenvalue weighted by molar-refractivity contribution is 1.28. The van der Waals surface area contributed by atoms with Crippen molar-refractivity contribution < 1.29 is 0 Å². The summed E-state index contributed by atoms with van der Waals surface area (Å²) in [6.45, 7) is 0. The molecule has 0 spiro atoms. The van der Waals surface area contributed by atoms with E-state index in [1.54, 1.807) is 0 Å². The summed E-state index contributed by atoms with van der Waals surface area (Å²) in [4.78, 5) is 0. The van der Waals surface area contributed by atoms with Gasteiger partial charge in [0.05, 0.1) is 67.5 Å². The Labute approximate surface area is 258 Å². The number of rotatable bonds is 4. The van der Waals surface area contributed by atoms with Crippen LogP contribution in [0, 0.1) is 11.8 Å². The van der Waals surface area contributed by atoms with Crippen LogP contribution in [0.3, 0.4) is 0 Å². The van der Waals surface area contributed by atoms with E-state index >= 15 is 0 Å². The fraction of sp³-hybridized carbons (Fsp3) is 0. The lowest BCUT2D eigenvalue weighted by Gasteiger charge is -2.11. The van der Waals surface area contributed by atoms with Crippen molar-refractivity contribution in [3.05, 3.63) is 215 Å². The quantitative estimate of drug-likeness (QED) is 0.189. The fourth-order valence-corrected chi connectivity index (χ4v) is 7.17. The van der Waals surface area contributed by atoms with Crippen molar-refractivity contribution in [1.29, 1.82) is 0 Å². The van der Waals surface area contributed by atoms with E-state index in [1.165, 1.54) is 89.7 Å². The second kappa shape index (κ2) is 9.93. The molecule has 7 aromatic carbocycles. The molecule has 0 radical (unpaired) electrons. The summed E-state index contributed by atoms with van der Waals surface area (Å²) in [5, 5.41) is 0. The van der Waals surface area contributed by atoms with Gasteiger partial charge in [0.2, 0.25) is 0 Å². The van der Waals surface area contributed by atoms with Crippen molar-refractivity contribution in [2.75, 3.05) is 0 Å². The first-order valence-electron chi connectivity index (χ1n) is 15.3. The van der Waals surface area contributed by atoms with Gasteiger partial charge in [0, 0.05) is 0 Å². The van der Waals surface area contributed by atoms with Crippen molar-refractivity contribution in [1.82, 2.24) is 0 Å². The molecule has 0 bridgehead atoms. The molecule has 0 heterocycles. The Hall–Kier alpha value is -5.72. The monoisotopic (exact) mass is 556 g/mol. The third-order valence-corrected chi connectivity index (χ3v) is 9.26. The molecule has 202 valence electrons. The highest BCUT2D eigenvalue weighted by molar-refractivity contribution is 5.88. The molecule has 44 heavy (non-hydrogen) atoms. The molecule has 0 atom stereocenters. The van der Waals surface area contributed by atoms with E-state index in [9.17, 15) is 0 Å². The molecule has 2 aliphatic rings. The fourth-order valence-electron chi connectivity index (χ4n) is 7.17. The predicted octanol–water partition coefficient (Wildman–Crippen LogP) is 11.0. The van der Waals surface area contributed by atoms with E-state index < -0.39 is 0 Å². The molecule has 0 aliphatic heterocycles. The van der Waals surface area contributed by atoms with Crippen molar-refractivity contribution >= 4 is 0 Å². The van der Waals surface area contributed by atoms with Gasteiger partial charge in [0.1, 0.15) is 0 Å². The summed E-state index contributed by atoms with van der Waals surface area (Å²) >= 11 is 0. The summed E-state index contributed by atoms with van der Waals surface area (Å²) in [6, 6.07) is 62.0. The van der Waals surface area contributed by atoms with E-state index in [4.69, 9.17) is 0 Å². The maximum Gasteiger partial charge on any atom is 0.0674 e. The van der Waals surface area contributed by atoms with Crippen LogP contribution in [0.1, 0.15) is 33.4 Å². The van der Waals surface area contributed by atoms with E-state index in [0.29, 0.717) is 0 Å². The molecule has 0 N–H and O–H groups in total. The minimum Gasteiger partial charge on any atom is -0.0537 e. The topological polar surface area (TPSA) is 0 Å². The molecular weight excluding hydrogens is 528 g/mol. The average Bonchev–Trinajstić information content (AvgIpc) is 3.62. The van der Waals surface area contributed by atoms with Crippen LogP contribution in [0.2, 0.25) is 0 Å². The largest absolute Gasteiger partial charge is 0.0674 e. The lowest BCUT2D eigenvalue weighted by Crippen LogP contribution is -2.00. The number of fused-ring (bicyclic) bond motifs is 6. The first kappa shape index (κ1) is 24.8. The summed E-state index contributed by atoms with van der Waals surface area (Å²) in [5.41, 5.74) is 18.0. The maximum absolute atomic E-state index is 2.27. The van der Waals surface area contributed by atoms with Crippen LogP contribution in [0.15, 0.2) is 170 Å². The SMILES string of the molecule is c1ccc2c(c1)-c1ccccc1[C+]2c1ccc(-c2ccc(-c3ccc([C+]4c5ccccc5-c5ccccc54)cc3)cc2)cc1. The highest BCUT2D eigenvalue weighted by atomic mass is 14.3.